The number of allylic oxidation sites excluding steroid dienone is 2. The van der Waals surface area contributed by atoms with Gasteiger partial charge in [-0.15, -0.1) is 0 Å². The number of aliphatic hydroxyl groups is 2. The molecule has 380 valence electrons. The number of aliphatic hydroxyl groups excluding tert-OH is 2. The van der Waals surface area contributed by atoms with Crippen LogP contribution in [0.15, 0.2) is 12.2 Å². The van der Waals surface area contributed by atoms with Crippen LogP contribution >= 0.6 is 0 Å². The summed E-state index contributed by atoms with van der Waals surface area (Å²) < 4.78 is 5.96. The standard InChI is InChI=1S/C58H113NO5/c1-4-7-10-13-16-19-22-25-28-29-30-33-36-39-42-45-48-51-58(63)64-54(49-46-43-40-37-34-31-26-23-20-17-14-11-8-5-2)52-57(62)59-55(53-60)56(61)50-47-44-41-38-35-32-27-24-21-18-15-12-9-6-3/h31,34,54-56,60-61H,4-30,32-33,35-53H2,1-3H3,(H,59,62)/b34-31+. The SMILES string of the molecule is CCCCCCCCC/C=C/CCCCCC(CC(=O)NC(CO)C(O)CCCCCCCCCCCCCCCC)OC(=O)CCCCCCCCCCCCCCCCCCC. The first kappa shape index (κ1) is 62.6. The van der Waals surface area contributed by atoms with Gasteiger partial charge in [-0.25, -0.2) is 0 Å². The van der Waals surface area contributed by atoms with Crippen LogP contribution in [-0.2, 0) is 14.3 Å². The van der Waals surface area contributed by atoms with E-state index in [-0.39, 0.29) is 24.9 Å². The van der Waals surface area contributed by atoms with Crippen molar-refractivity contribution in [2.45, 2.75) is 341 Å². The second-order valence-corrected chi connectivity index (χ2v) is 20.1. The average Bonchev–Trinajstić information content (AvgIpc) is 3.29. The van der Waals surface area contributed by atoms with E-state index >= 15 is 0 Å². The molecule has 0 bridgehead atoms. The summed E-state index contributed by atoms with van der Waals surface area (Å²) >= 11 is 0. The Morgan fingerprint density at radius 2 is 0.750 bits per heavy atom. The van der Waals surface area contributed by atoms with E-state index in [1.807, 2.05) is 0 Å². The number of ether oxygens (including phenoxy) is 1. The summed E-state index contributed by atoms with van der Waals surface area (Å²) in [5.41, 5.74) is 0. The number of rotatable bonds is 53. The number of hydrogen-bond donors (Lipinski definition) is 3. The van der Waals surface area contributed by atoms with Crippen LogP contribution in [0.2, 0.25) is 0 Å². The van der Waals surface area contributed by atoms with Gasteiger partial charge in [0.2, 0.25) is 5.91 Å². The van der Waals surface area contributed by atoms with Gasteiger partial charge in [0, 0.05) is 6.42 Å². The Labute approximate surface area is 399 Å². The van der Waals surface area contributed by atoms with E-state index in [1.165, 1.54) is 218 Å². The first-order chi connectivity index (χ1) is 31.5. The number of carbonyl (C=O) groups is 2. The minimum atomic E-state index is -0.786. The zero-order valence-corrected chi connectivity index (χ0v) is 43.4. The first-order valence-electron chi connectivity index (χ1n) is 28.9. The molecule has 0 aliphatic heterocycles. The summed E-state index contributed by atoms with van der Waals surface area (Å²) in [6, 6.07) is -0.700. The summed E-state index contributed by atoms with van der Waals surface area (Å²) in [5, 5.41) is 23.9. The topological polar surface area (TPSA) is 95.9 Å². The molecule has 0 rings (SSSR count). The van der Waals surface area contributed by atoms with E-state index in [0.717, 1.165) is 57.8 Å². The molecule has 0 aromatic heterocycles. The Hall–Kier alpha value is -1.40. The summed E-state index contributed by atoms with van der Waals surface area (Å²) in [6.07, 6.45) is 59.9. The lowest BCUT2D eigenvalue weighted by Crippen LogP contribution is -2.46. The normalized spacial score (nSPS) is 13.1. The van der Waals surface area contributed by atoms with E-state index < -0.39 is 18.2 Å². The predicted molar refractivity (Wildman–Crippen MR) is 278 cm³/mol. The van der Waals surface area contributed by atoms with Crippen LogP contribution < -0.4 is 5.32 Å². The fourth-order valence-electron chi connectivity index (χ4n) is 9.19. The van der Waals surface area contributed by atoms with Gasteiger partial charge in [0.1, 0.15) is 6.10 Å². The Balaban J connectivity index is 4.51. The van der Waals surface area contributed by atoms with Crippen LogP contribution in [0.25, 0.3) is 0 Å². The Kier molecular flexibility index (Phi) is 51.4. The van der Waals surface area contributed by atoms with Gasteiger partial charge >= 0.3 is 5.97 Å². The van der Waals surface area contributed by atoms with Gasteiger partial charge in [0.15, 0.2) is 0 Å². The molecular weight excluding hydrogens is 791 g/mol. The maximum absolute atomic E-state index is 13.3. The average molecular weight is 905 g/mol. The molecule has 0 aliphatic rings. The molecule has 0 radical (unpaired) electrons. The molecule has 0 aromatic carbocycles. The molecule has 0 saturated heterocycles. The van der Waals surface area contributed by atoms with Gasteiger partial charge in [0.05, 0.1) is 25.2 Å². The van der Waals surface area contributed by atoms with Crippen molar-refractivity contribution in [3.63, 3.8) is 0 Å². The van der Waals surface area contributed by atoms with Crippen molar-refractivity contribution in [1.82, 2.24) is 5.32 Å². The molecule has 3 unspecified atom stereocenters. The van der Waals surface area contributed by atoms with E-state index in [9.17, 15) is 19.8 Å². The number of hydrogen-bond acceptors (Lipinski definition) is 5. The van der Waals surface area contributed by atoms with Crippen molar-refractivity contribution >= 4 is 11.9 Å². The molecule has 3 N–H and O–H groups in total. The monoisotopic (exact) mass is 904 g/mol. The van der Waals surface area contributed by atoms with Crippen molar-refractivity contribution < 1.29 is 24.5 Å². The molecule has 0 spiro atoms. The summed E-state index contributed by atoms with van der Waals surface area (Å²) in [4.78, 5) is 26.2. The highest BCUT2D eigenvalue weighted by Crippen LogP contribution is 2.19. The first-order valence-corrected chi connectivity index (χ1v) is 28.9. The van der Waals surface area contributed by atoms with Crippen LogP contribution in [0, 0.1) is 0 Å². The van der Waals surface area contributed by atoms with E-state index in [1.54, 1.807) is 0 Å². The lowest BCUT2D eigenvalue weighted by molar-refractivity contribution is -0.151. The third-order valence-corrected chi connectivity index (χ3v) is 13.6. The van der Waals surface area contributed by atoms with Gasteiger partial charge in [-0.1, -0.05) is 270 Å². The molecule has 1 amide bonds. The molecule has 6 heteroatoms. The molecular formula is C58H113NO5. The predicted octanol–water partition coefficient (Wildman–Crippen LogP) is 17.7. The molecule has 0 saturated carbocycles. The van der Waals surface area contributed by atoms with Crippen molar-refractivity contribution in [2.24, 2.45) is 0 Å². The number of esters is 1. The highest BCUT2D eigenvalue weighted by molar-refractivity contribution is 5.77. The second-order valence-electron chi connectivity index (χ2n) is 20.1. The second kappa shape index (κ2) is 52.6. The minimum absolute atomic E-state index is 0.0746. The quantitative estimate of drug-likeness (QED) is 0.0321. The van der Waals surface area contributed by atoms with Crippen LogP contribution in [0.3, 0.4) is 0 Å². The largest absolute Gasteiger partial charge is 0.462 e. The number of amides is 1. The molecule has 0 heterocycles. The number of nitrogens with one attached hydrogen (secondary N) is 1. The zero-order chi connectivity index (χ0) is 46.7. The summed E-state index contributed by atoms with van der Waals surface area (Å²) in [6.45, 7) is 6.52. The lowest BCUT2D eigenvalue weighted by Gasteiger charge is -2.24. The Bertz CT molecular complexity index is 970. The number of carbonyl (C=O) groups excluding carboxylic acids is 2. The van der Waals surface area contributed by atoms with Crippen LogP contribution in [-0.4, -0.2) is 46.9 Å². The van der Waals surface area contributed by atoms with Crippen molar-refractivity contribution in [1.29, 1.82) is 0 Å². The highest BCUT2D eigenvalue weighted by Gasteiger charge is 2.24. The minimum Gasteiger partial charge on any atom is -0.462 e. The van der Waals surface area contributed by atoms with Crippen LogP contribution in [0.5, 0.6) is 0 Å². The van der Waals surface area contributed by atoms with Crippen molar-refractivity contribution in [3.8, 4) is 0 Å². The van der Waals surface area contributed by atoms with Crippen LogP contribution in [0.1, 0.15) is 323 Å². The van der Waals surface area contributed by atoms with Gasteiger partial charge in [-0.05, 0) is 51.4 Å². The molecule has 3 atom stereocenters. The molecule has 0 aromatic rings. The van der Waals surface area contributed by atoms with E-state index in [0.29, 0.717) is 19.3 Å². The lowest BCUT2D eigenvalue weighted by atomic mass is 10.0. The highest BCUT2D eigenvalue weighted by atomic mass is 16.5. The summed E-state index contributed by atoms with van der Waals surface area (Å²) in [7, 11) is 0. The Morgan fingerprint density at radius 1 is 0.438 bits per heavy atom. The smallest absolute Gasteiger partial charge is 0.306 e. The van der Waals surface area contributed by atoms with Crippen LogP contribution in [0.4, 0.5) is 0 Å². The molecule has 0 fully saturated rings. The van der Waals surface area contributed by atoms with E-state index in [4.69, 9.17) is 4.74 Å². The van der Waals surface area contributed by atoms with Gasteiger partial charge < -0.3 is 20.3 Å². The van der Waals surface area contributed by atoms with Gasteiger partial charge in [-0.3, -0.25) is 9.59 Å². The maximum atomic E-state index is 13.3. The molecule has 0 aliphatic carbocycles. The summed E-state index contributed by atoms with van der Waals surface area (Å²) in [5.74, 6) is -0.466. The number of unbranched alkanes of at least 4 members (excludes halogenated alkanes) is 39. The molecule has 6 nitrogen and oxygen atoms in total. The zero-order valence-electron chi connectivity index (χ0n) is 43.4. The van der Waals surface area contributed by atoms with Gasteiger partial charge in [-0.2, -0.15) is 0 Å². The Morgan fingerprint density at radius 3 is 1.12 bits per heavy atom. The van der Waals surface area contributed by atoms with Crippen molar-refractivity contribution in [2.75, 3.05) is 6.61 Å². The van der Waals surface area contributed by atoms with E-state index in [2.05, 4.69) is 38.2 Å². The fraction of sp³-hybridized carbons (Fsp3) is 0.931. The fourth-order valence-corrected chi connectivity index (χ4v) is 9.19. The van der Waals surface area contributed by atoms with Gasteiger partial charge in [0.25, 0.3) is 0 Å². The van der Waals surface area contributed by atoms with Crippen molar-refractivity contribution in [3.05, 3.63) is 12.2 Å². The molecule has 64 heavy (non-hydrogen) atoms. The third-order valence-electron chi connectivity index (χ3n) is 13.6. The third kappa shape index (κ3) is 47.1. The maximum Gasteiger partial charge on any atom is 0.306 e.